The zero-order valence-electron chi connectivity index (χ0n) is 12.3. The second-order valence-corrected chi connectivity index (χ2v) is 7.73. The standard InChI is InChI=1S/C16H24N2OS/c1-19-16(8-3-9-16)15-18-14-11(10-17-12-6-7-12)4-2-5-13(14)20-15/h11-12,17H,2-10H2,1H3. The van der Waals surface area contributed by atoms with Crippen molar-refractivity contribution in [2.24, 2.45) is 0 Å². The van der Waals surface area contributed by atoms with E-state index in [1.807, 2.05) is 18.4 Å². The van der Waals surface area contributed by atoms with Crippen LogP contribution in [-0.4, -0.2) is 24.7 Å². The lowest BCUT2D eigenvalue weighted by atomic mass is 9.80. The molecule has 0 saturated heterocycles. The molecule has 1 aromatic rings. The van der Waals surface area contributed by atoms with E-state index >= 15 is 0 Å². The maximum absolute atomic E-state index is 5.81. The molecule has 110 valence electrons. The van der Waals surface area contributed by atoms with Crippen molar-refractivity contribution in [2.75, 3.05) is 13.7 Å². The molecule has 20 heavy (non-hydrogen) atoms. The number of fused-ring (bicyclic) bond motifs is 1. The molecule has 0 aromatic carbocycles. The lowest BCUT2D eigenvalue weighted by molar-refractivity contribution is -0.0780. The number of aryl methyl sites for hydroxylation is 1. The average Bonchev–Trinajstić information content (AvgIpc) is 3.13. The summed E-state index contributed by atoms with van der Waals surface area (Å²) >= 11 is 1.93. The average molecular weight is 292 g/mol. The van der Waals surface area contributed by atoms with Crippen LogP contribution in [0.3, 0.4) is 0 Å². The molecule has 1 heterocycles. The first kappa shape index (κ1) is 13.2. The van der Waals surface area contributed by atoms with Crippen molar-refractivity contribution in [1.29, 1.82) is 0 Å². The molecule has 4 heteroatoms. The third-order valence-corrected chi connectivity index (χ3v) is 6.56. The fraction of sp³-hybridized carbons (Fsp3) is 0.812. The van der Waals surface area contributed by atoms with E-state index in [0.29, 0.717) is 5.92 Å². The highest BCUT2D eigenvalue weighted by molar-refractivity contribution is 7.11. The number of methoxy groups -OCH3 is 1. The molecule has 0 radical (unpaired) electrons. The Labute approximate surface area is 125 Å². The van der Waals surface area contributed by atoms with Crippen LogP contribution in [0.2, 0.25) is 0 Å². The summed E-state index contributed by atoms with van der Waals surface area (Å²) in [5.41, 5.74) is 1.36. The Morgan fingerprint density at radius 3 is 2.80 bits per heavy atom. The molecule has 3 aliphatic carbocycles. The number of hydrogen-bond acceptors (Lipinski definition) is 4. The minimum atomic E-state index is -0.0313. The van der Waals surface area contributed by atoms with Crippen LogP contribution in [0.25, 0.3) is 0 Å². The van der Waals surface area contributed by atoms with Gasteiger partial charge in [0.15, 0.2) is 0 Å². The SMILES string of the molecule is COC1(c2nc3c(s2)CCCC3CNC2CC2)CCC1. The summed E-state index contributed by atoms with van der Waals surface area (Å²) in [6.07, 6.45) is 10.2. The highest BCUT2D eigenvalue weighted by Gasteiger charge is 2.43. The van der Waals surface area contributed by atoms with E-state index in [1.54, 1.807) is 0 Å². The van der Waals surface area contributed by atoms with Gasteiger partial charge in [0.2, 0.25) is 0 Å². The van der Waals surface area contributed by atoms with Gasteiger partial charge in [0.25, 0.3) is 0 Å². The molecule has 0 bridgehead atoms. The van der Waals surface area contributed by atoms with Crippen molar-refractivity contribution in [1.82, 2.24) is 10.3 Å². The molecule has 1 atom stereocenters. The van der Waals surface area contributed by atoms with Crippen LogP contribution in [0.15, 0.2) is 0 Å². The molecule has 1 N–H and O–H groups in total. The van der Waals surface area contributed by atoms with E-state index in [2.05, 4.69) is 5.32 Å². The number of aromatic nitrogens is 1. The first-order valence-electron chi connectivity index (χ1n) is 8.09. The van der Waals surface area contributed by atoms with Gasteiger partial charge in [-0.25, -0.2) is 4.98 Å². The number of nitrogens with zero attached hydrogens (tertiary/aromatic N) is 1. The number of ether oxygens (including phenoxy) is 1. The number of thiazole rings is 1. The smallest absolute Gasteiger partial charge is 0.125 e. The van der Waals surface area contributed by atoms with E-state index < -0.39 is 0 Å². The van der Waals surface area contributed by atoms with Crippen molar-refractivity contribution < 1.29 is 4.74 Å². The van der Waals surface area contributed by atoms with Crippen LogP contribution in [-0.2, 0) is 16.8 Å². The number of rotatable bonds is 5. The van der Waals surface area contributed by atoms with Gasteiger partial charge in [0.1, 0.15) is 10.6 Å². The van der Waals surface area contributed by atoms with Crippen LogP contribution < -0.4 is 5.32 Å². The zero-order chi connectivity index (χ0) is 13.6. The van der Waals surface area contributed by atoms with Crippen LogP contribution in [0.5, 0.6) is 0 Å². The normalized spacial score (nSPS) is 27.9. The summed E-state index contributed by atoms with van der Waals surface area (Å²) < 4.78 is 5.81. The predicted octanol–water partition coefficient (Wildman–Crippen LogP) is 3.34. The minimum Gasteiger partial charge on any atom is -0.371 e. The molecule has 1 aromatic heterocycles. The maximum atomic E-state index is 5.81. The van der Waals surface area contributed by atoms with Crippen molar-refractivity contribution >= 4 is 11.3 Å². The number of hydrogen-bond donors (Lipinski definition) is 1. The highest BCUT2D eigenvalue weighted by Crippen LogP contribution is 2.48. The van der Waals surface area contributed by atoms with Gasteiger partial charge < -0.3 is 10.1 Å². The Hall–Kier alpha value is -0.450. The lowest BCUT2D eigenvalue weighted by Crippen LogP contribution is -2.36. The second kappa shape index (κ2) is 5.08. The Kier molecular flexibility index (Phi) is 3.36. The van der Waals surface area contributed by atoms with Crippen LogP contribution in [0.4, 0.5) is 0 Å². The molecule has 3 aliphatic rings. The maximum Gasteiger partial charge on any atom is 0.125 e. The van der Waals surface area contributed by atoms with Gasteiger partial charge in [-0.3, -0.25) is 0 Å². The van der Waals surface area contributed by atoms with Gasteiger partial charge in [-0.15, -0.1) is 11.3 Å². The summed E-state index contributed by atoms with van der Waals surface area (Å²) in [6, 6.07) is 0.801. The van der Waals surface area contributed by atoms with Crippen molar-refractivity contribution in [3.8, 4) is 0 Å². The first-order chi connectivity index (χ1) is 9.81. The van der Waals surface area contributed by atoms with Gasteiger partial charge in [0.05, 0.1) is 5.69 Å². The first-order valence-corrected chi connectivity index (χ1v) is 8.91. The molecule has 3 nitrogen and oxygen atoms in total. The molecular formula is C16H24N2OS. The second-order valence-electron chi connectivity index (χ2n) is 6.65. The summed E-state index contributed by atoms with van der Waals surface area (Å²) in [5, 5.41) is 4.95. The third-order valence-electron chi connectivity index (χ3n) is 5.24. The molecule has 2 fully saturated rings. The highest BCUT2D eigenvalue weighted by atomic mass is 32.1. The van der Waals surface area contributed by atoms with Crippen molar-refractivity contribution in [3.63, 3.8) is 0 Å². The minimum absolute atomic E-state index is 0.0313. The van der Waals surface area contributed by atoms with E-state index in [0.717, 1.165) is 25.4 Å². The summed E-state index contributed by atoms with van der Waals surface area (Å²) in [5.74, 6) is 0.637. The van der Waals surface area contributed by atoms with E-state index in [1.165, 1.54) is 54.1 Å². The fourth-order valence-corrected chi connectivity index (χ4v) is 4.91. The van der Waals surface area contributed by atoms with Gasteiger partial charge in [-0.2, -0.15) is 0 Å². The molecular weight excluding hydrogens is 268 g/mol. The van der Waals surface area contributed by atoms with Crippen LogP contribution >= 0.6 is 11.3 Å². The lowest BCUT2D eigenvalue weighted by Gasteiger charge is -2.38. The Bertz CT molecular complexity index is 485. The van der Waals surface area contributed by atoms with E-state index in [4.69, 9.17) is 9.72 Å². The van der Waals surface area contributed by atoms with Crippen molar-refractivity contribution in [2.45, 2.75) is 68.9 Å². The molecule has 0 spiro atoms. The van der Waals surface area contributed by atoms with E-state index in [9.17, 15) is 0 Å². The summed E-state index contributed by atoms with van der Waals surface area (Å²) in [6.45, 7) is 1.13. The van der Waals surface area contributed by atoms with E-state index in [-0.39, 0.29) is 5.60 Å². The van der Waals surface area contributed by atoms with Crippen LogP contribution in [0, 0.1) is 0 Å². The topological polar surface area (TPSA) is 34.1 Å². The molecule has 1 unspecified atom stereocenters. The quantitative estimate of drug-likeness (QED) is 0.904. The van der Waals surface area contributed by atoms with Crippen LogP contribution in [0.1, 0.15) is 66.4 Å². The van der Waals surface area contributed by atoms with Crippen molar-refractivity contribution in [3.05, 3.63) is 15.6 Å². The largest absolute Gasteiger partial charge is 0.371 e. The Morgan fingerprint density at radius 2 is 2.15 bits per heavy atom. The molecule has 0 amide bonds. The van der Waals surface area contributed by atoms with Gasteiger partial charge >= 0.3 is 0 Å². The van der Waals surface area contributed by atoms with Gasteiger partial charge in [0, 0.05) is 30.5 Å². The Balaban J connectivity index is 1.56. The monoisotopic (exact) mass is 292 g/mol. The molecule has 4 rings (SSSR count). The van der Waals surface area contributed by atoms with Gasteiger partial charge in [-0.05, 0) is 51.4 Å². The molecule has 0 aliphatic heterocycles. The zero-order valence-corrected chi connectivity index (χ0v) is 13.1. The fourth-order valence-electron chi connectivity index (χ4n) is 3.50. The summed E-state index contributed by atoms with van der Waals surface area (Å²) in [4.78, 5) is 6.59. The Morgan fingerprint density at radius 1 is 1.30 bits per heavy atom. The predicted molar refractivity (Wildman–Crippen MR) is 81.4 cm³/mol. The number of nitrogens with one attached hydrogen (secondary N) is 1. The third kappa shape index (κ3) is 2.22. The van der Waals surface area contributed by atoms with Gasteiger partial charge in [-0.1, -0.05) is 0 Å². The summed E-state index contributed by atoms with van der Waals surface area (Å²) in [7, 11) is 1.85. The molecule has 2 saturated carbocycles.